The molecule has 22 rings (SSSR count). The van der Waals surface area contributed by atoms with Gasteiger partial charge in [-0.05, 0) is 130 Å². The molecule has 7 aromatic heterocycles. The molecule has 0 N–H and O–H groups in total. The van der Waals surface area contributed by atoms with Gasteiger partial charge < -0.3 is 27.0 Å². The molecule has 0 saturated heterocycles. The van der Waals surface area contributed by atoms with Gasteiger partial charge in [0.2, 0.25) is 5.69 Å². The Labute approximate surface area is 606 Å². The second kappa shape index (κ2) is 22.3. The van der Waals surface area contributed by atoms with E-state index in [1.807, 2.05) is 133 Å². The summed E-state index contributed by atoms with van der Waals surface area (Å²) in [7, 11) is 0. The number of hydrogen-bond acceptors (Lipinski definition) is 6. The van der Waals surface area contributed by atoms with Crippen LogP contribution in [0.25, 0.3) is 221 Å². The van der Waals surface area contributed by atoms with Gasteiger partial charge in [0, 0.05) is 65.2 Å². The zero-order valence-corrected chi connectivity index (χ0v) is 54.7. The second-order valence-electron chi connectivity index (χ2n) is 26.0. The smallest absolute Gasteiger partial charge is 0.213 e. The Bertz CT molecular complexity index is 7930. The van der Waals surface area contributed by atoms with Crippen LogP contribution in [0.5, 0.6) is 0 Å². The molecule has 0 aliphatic carbocycles. The number of benzene rings is 15. The van der Waals surface area contributed by atoms with E-state index >= 15 is 0 Å². The normalized spacial score (nSPS) is 13.4. The zero-order valence-electron chi connectivity index (χ0n) is 64.7. The quantitative estimate of drug-likeness (QED) is 0.134. The Hall–Kier alpha value is -14.4. The third kappa shape index (κ3) is 8.46. The topological polar surface area (TPSA) is 97.2 Å². The van der Waals surface area contributed by atoms with Crippen molar-refractivity contribution in [2.75, 3.05) is 0 Å². The van der Waals surface area contributed by atoms with Crippen molar-refractivity contribution in [1.29, 1.82) is 0 Å². The van der Waals surface area contributed by atoms with Gasteiger partial charge in [-0.3, -0.25) is 0 Å². The van der Waals surface area contributed by atoms with E-state index in [2.05, 4.69) is 135 Å². The number of hydrogen-bond donors (Lipinski definition) is 0. The maximum atomic E-state index is 10.1. The SMILES string of the molecule is [2H]c1c([2H])c([2H])c(-c2nc(-c3cc([N+]#[C-])c(-n4c5ccc(-c6ccccc6)cc5c5c6oc7ccccc7c6ccc54)c(-n4c5ccc(-c6ccccc6)cc5c5c6oc7ccccc7c6ccc54)c3-n3c4ccc(-c5ccccc5)cc4c4c5oc6ccccc6c5ccc43)nc(-c3c([2H])c([2H])c([2H])c([2H])c3[2H])n2)c([2H])c1[2H]. The van der Waals surface area contributed by atoms with Gasteiger partial charge in [-0.25, -0.2) is 19.8 Å². The lowest BCUT2D eigenvalue weighted by Gasteiger charge is -2.26. The molecular formula is C94H53N7O3. The van der Waals surface area contributed by atoms with Gasteiger partial charge in [0.25, 0.3) is 0 Å². The van der Waals surface area contributed by atoms with E-state index in [-0.39, 0.29) is 17.1 Å². The van der Waals surface area contributed by atoms with Crippen molar-refractivity contribution >= 4 is 137 Å². The first kappa shape index (κ1) is 48.4. The molecule has 22 aromatic rings. The average Bonchev–Trinajstić information content (AvgIpc) is 1.37. The molecule has 0 radical (unpaired) electrons. The number of nitrogens with zero attached hydrogens (tertiary/aromatic N) is 7. The lowest BCUT2D eigenvalue weighted by atomic mass is 10.0. The molecule has 0 unspecified atom stereocenters. The molecular weight excluding hydrogens is 1280 g/mol. The molecule has 0 bridgehead atoms. The largest absolute Gasteiger partial charge is 0.455 e. The van der Waals surface area contributed by atoms with Crippen LogP contribution in [-0.4, -0.2) is 28.7 Å². The molecule has 0 spiro atoms. The highest BCUT2D eigenvalue weighted by Gasteiger charge is 2.34. The van der Waals surface area contributed by atoms with E-state index in [0.717, 1.165) is 92.6 Å². The Kier molecular flexibility index (Phi) is 10.4. The van der Waals surface area contributed by atoms with Gasteiger partial charge in [0.05, 0.1) is 86.6 Å². The zero-order chi connectivity index (χ0) is 77.0. The monoisotopic (exact) mass is 1340 g/mol. The third-order valence-electron chi connectivity index (χ3n) is 20.5. The van der Waals surface area contributed by atoms with Gasteiger partial charge in [0.15, 0.2) is 17.5 Å². The lowest BCUT2D eigenvalue weighted by Crippen LogP contribution is -2.12. The number of aromatic nitrogens is 6. The highest BCUT2D eigenvalue weighted by atomic mass is 16.3. The molecule has 0 fully saturated rings. The Morgan fingerprint density at radius 2 is 0.615 bits per heavy atom. The number of para-hydroxylation sites is 3. The molecule has 0 saturated carbocycles. The summed E-state index contributed by atoms with van der Waals surface area (Å²) in [5.74, 6) is -1.28. The minimum Gasteiger partial charge on any atom is -0.455 e. The van der Waals surface area contributed by atoms with Crippen LogP contribution in [0.1, 0.15) is 13.7 Å². The molecule has 10 heteroatoms. The van der Waals surface area contributed by atoms with Crippen molar-refractivity contribution in [3.05, 3.63) is 333 Å². The standard InChI is InChI=1S/C94H53N7O3/c1-95-73-54-72(94-97-92(58-29-13-5-14-30-58)96-93(98-94)59-31-15-6-16-32-59)86(99-74-45-39-60(55-23-7-2-8-24-55)51-69(74)83-77(99)48-42-66-63-33-17-20-36-80(63)102-89(66)83)88(101-76-47-41-62(57-27-11-4-12-28-57)53-71(76)85-79(101)50-44-68-65-35-19-22-38-82(65)104-91(68)85)87(73)100-75-46-40-61(56-25-9-3-10-26-56)52-70(75)84-78(100)49-43-67-64-34-18-21-37-81(64)103-90(67)84/h2-54H/i5D,6D,13D,14D,15D,16D,29D,30D,31D,32D. The minimum absolute atomic E-state index is 0.0287. The van der Waals surface area contributed by atoms with Gasteiger partial charge in [0.1, 0.15) is 33.5 Å². The van der Waals surface area contributed by atoms with Crippen molar-refractivity contribution in [2.24, 2.45) is 0 Å². The molecule has 0 amide bonds. The minimum atomic E-state index is -0.709. The van der Waals surface area contributed by atoms with Crippen LogP contribution >= 0.6 is 0 Å². The van der Waals surface area contributed by atoms with Crippen LogP contribution in [0.4, 0.5) is 5.69 Å². The first-order valence-electron chi connectivity index (χ1n) is 39.0. The van der Waals surface area contributed by atoms with Crippen LogP contribution in [-0.2, 0) is 0 Å². The molecule has 0 aliphatic rings. The predicted octanol–water partition coefficient (Wildman–Crippen LogP) is 25.4. The van der Waals surface area contributed by atoms with E-state index < -0.39 is 83.2 Å². The fourth-order valence-corrected chi connectivity index (χ4v) is 16.0. The summed E-state index contributed by atoms with van der Waals surface area (Å²) in [5, 5.41) is 9.72. The fourth-order valence-electron chi connectivity index (χ4n) is 16.0. The van der Waals surface area contributed by atoms with Crippen LogP contribution in [0.15, 0.2) is 335 Å². The maximum absolute atomic E-state index is 10.1. The predicted molar refractivity (Wildman–Crippen MR) is 424 cm³/mol. The molecule has 0 atom stereocenters. The molecule has 0 aliphatic heterocycles. The molecule has 15 aromatic carbocycles. The highest BCUT2D eigenvalue weighted by molar-refractivity contribution is 6.28. The van der Waals surface area contributed by atoms with E-state index in [1.165, 1.54) is 0 Å². The van der Waals surface area contributed by atoms with Crippen LogP contribution in [0.3, 0.4) is 0 Å². The number of furan rings is 3. The fraction of sp³-hybridized carbons (Fsp3) is 0. The summed E-state index contributed by atoms with van der Waals surface area (Å²) in [6.07, 6.45) is 0. The Morgan fingerprint density at radius 1 is 0.279 bits per heavy atom. The molecule has 482 valence electrons. The number of fused-ring (bicyclic) bond motifs is 21. The first-order valence-corrected chi connectivity index (χ1v) is 34.0. The van der Waals surface area contributed by atoms with Crippen molar-refractivity contribution in [3.8, 4) is 84.6 Å². The van der Waals surface area contributed by atoms with Gasteiger partial charge in [-0.15, -0.1) is 0 Å². The maximum Gasteiger partial charge on any atom is 0.213 e. The summed E-state index contributed by atoms with van der Waals surface area (Å²) >= 11 is 0. The average molecular weight is 1340 g/mol. The van der Waals surface area contributed by atoms with Gasteiger partial charge in [-0.1, -0.05) is 224 Å². The summed E-state index contributed by atoms with van der Waals surface area (Å²) in [6, 6.07) is 80.2. The Balaban J connectivity index is 1.02. The van der Waals surface area contributed by atoms with E-state index in [0.29, 0.717) is 89.0 Å². The van der Waals surface area contributed by atoms with Crippen LogP contribution in [0.2, 0.25) is 0 Å². The summed E-state index contributed by atoms with van der Waals surface area (Å²) < 4.78 is 121. The number of rotatable bonds is 9. The van der Waals surface area contributed by atoms with Gasteiger partial charge in [-0.2, -0.15) is 0 Å². The van der Waals surface area contributed by atoms with Crippen LogP contribution in [0, 0.1) is 6.57 Å². The van der Waals surface area contributed by atoms with E-state index in [4.69, 9.17) is 41.3 Å². The summed E-state index contributed by atoms with van der Waals surface area (Å²) in [6.45, 7) is 10.1. The highest BCUT2D eigenvalue weighted by Crippen LogP contribution is 2.54. The van der Waals surface area contributed by atoms with Crippen molar-refractivity contribution < 1.29 is 27.0 Å². The van der Waals surface area contributed by atoms with Crippen molar-refractivity contribution in [3.63, 3.8) is 0 Å². The van der Waals surface area contributed by atoms with Gasteiger partial charge >= 0.3 is 0 Å². The van der Waals surface area contributed by atoms with Crippen LogP contribution < -0.4 is 0 Å². The summed E-state index contributed by atoms with van der Waals surface area (Å²) in [5.41, 5.74) is 13.3. The second-order valence-corrected chi connectivity index (χ2v) is 26.0. The van der Waals surface area contributed by atoms with Crippen molar-refractivity contribution in [2.45, 2.75) is 0 Å². The van der Waals surface area contributed by atoms with E-state index in [9.17, 15) is 12.1 Å². The first-order chi connectivity index (χ1) is 55.7. The lowest BCUT2D eigenvalue weighted by molar-refractivity contribution is 0.672. The van der Waals surface area contributed by atoms with E-state index in [1.54, 1.807) is 6.07 Å². The third-order valence-corrected chi connectivity index (χ3v) is 20.5. The molecule has 10 nitrogen and oxygen atoms in total. The molecule has 7 heterocycles. The van der Waals surface area contributed by atoms with Crippen molar-refractivity contribution in [1.82, 2.24) is 28.7 Å². The summed E-state index contributed by atoms with van der Waals surface area (Å²) in [4.78, 5) is 20.2. The Morgan fingerprint density at radius 3 is 1.00 bits per heavy atom. The molecule has 104 heavy (non-hydrogen) atoms.